The van der Waals surface area contributed by atoms with Crippen LogP contribution in [0.25, 0.3) is 0 Å². The monoisotopic (exact) mass is 645 g/mol. The summed E-state index contributed by atoms with van der Waals surface area (Å²) in [6.07, 6.45) is 7.27. The Morgan fingerprint density at radius 1 is 0.489 bits per heavy atom. The van der Waals surface area contributed by atoms with Crippen LogP contribution in [0.1, 0.15) is 138 Å². The highest BCUT2D eigenvalue weighted by atomic mass is 16.2. The van der Waals surface area contributed by atoms with Gasteiger partial charge in [-0.3, -0.25) is 9.59 Å². The minimum Gasteiger partial charge on any atom is -0.312 e. The van der Waals surface area contributed by atoms with Gasteiger partial charge in [-0.1, -0.05) is 133 Å². The quantitative estimate of drug-likeness (QED) is 0.286. The van der Waals surface area contributed by atoms with Crippen molar-refractivity contribution >= 4 is 23.2 Å². The minimum absolute atomic E-state index is 0.0523. The van der Waals surface area contributed by atoms with Gasteiger partial charge in [0.05, 0.1) is 5.69 Å². The highest BCUT2D eigenvalue weighted by molar-refractivity contribution is 5.99. The molecule has 0 fully saturated rings. The smallest absolute Gasteiger partial charge is 0.230 e. The van der Waals surface area contributed by atoms with E-state index >= 15 is 0 Å². The van der Waals surface area contributed by atoms with Gasteiger partial charge in [0.15, 0.2) is 0 Å². The van der Waals surface area contributed by atoms with Crippen LogP contribution in [0.15, 0.2) is 36.4 Å². The number of benzene rings is 2. The molecule has 0 saturated heterocycles. The average molecular weight is 645 g/mol. The van der Waals surface area contributed by atoms with Crippen LogP contribution < -0.4 is 9.80 Å². The fourth-order valence-electron chi connectivity index (χ4n) is 6.94. The Morgan fingerprint density at radius 2 is 0.809 bits per heavy atom. The Kier molecular flexibility index (Phi) is 12.3. The van der Waals surface area contributed by atoms with E-state index in [1.165, 1.54) is 33.6 Å². The van der Waals surface area contributed by atoms with Gasteiger partial charge in [0.1, 0.15) is 0 Å². The lowest BCUT2D eigenvalue weighted by atomic mass is 9.77. The maximum atomic E-state index is 12.9. The van der Waals surface area contributed by atoms with Crippen LogP contribution in [-0.4, -0.2) is 24.9 Å². The Hall–Kier alpha value is -2.62. The third-order valence-corrected chi connectivity index (χ3v) is 9.00. The minimum atomic E-state index is 0.0523. The molecule has 0 aromatic heterocycles. The van der Waals surface area contributed by atoms with Crippen LogP contribution in [-0.2, 0) is 35.3 Å². The summed E-state index contributed by atoms with van der Waals surface area (Å²) >= 11 is 0. The fourth-order valence-corrected chi connectivity index (χ4v) is 6.94. The molecule has 2 amide bonds. The Bertz CT molecular complexity index is 1350. The summed E-state index contributed by atoms with van der Waals surface area (Å²) in [5, 5.41) is 0. The van der Waals surface area contributed by atoms with E-state index in [1.807, 2.05) is 4.90 Å². The van der Waals surface area contributed by atoms with Crippen LogP contribution >= 0.6 is 0 Å². The lowest BCUT2D eigenvalue weighted by Crippen LogP contribution is -2.42. The highest BCUT2D eigenvalue weighted by Gasteiger charge is 2.40. The lowest BCUT2D eigenvalue weighted by molar-refractivity contribution is -0.126. The molecule has 2 aromatic carbocycles. The summed E-state index contributed by atoms with van der Waals surface area (Å²) in [5.41, 5.74) is 9.04. The maximum Gasteiger partial charge on any atom is 0.230 e. The Labute approximate surface area is 289 Å². The number of nitrogens with zero attached hydrogens (tertiary/aromatic N) is 2. The predicted octanol–water partition coefficient (Wildman–Crippen LogP) is 10.9. The van der Waals surface area contributed by atoms with E-state index in [0.29, 0.717) is 22.6 Å². The Balaban J connectivity index is 0.000000200. The van der Waals surface area contributed by atoms with Gasteiger partial charge < -0.3 is 9.80 Å². The van der Waals surface area contributed by atoms with Crippen molar-refractivity contribution in [2.75, 3.05) is 22.9 Å². The molecule has 6 rings (SSSR count). The normalized spacial score (nSPS) is 20.6. The second-order valence-corrected chi connectivity index (χ2v) is 19.6. The second kappa shape index (κ2) is 14.9. The molecule has 0 aliphatic carbocycles. The highest BCUT2D eigenvalue weighted by Crippen LogP contribution is 2.42. The molecular weight excluding hydrogens is 576 g/mol. The third kappa shape index (κ3) is 10.9. The number of para-hydroxylation sites is 2. The van der Waals surface area contributed by atoms with Gasteiger partial charge in [0.2, 0.25) is 11.8 Å². The number of rotatable bonds is 0. The molecule has 4 nitrogen and oxygen atoms in total. The Morgan fingerprint density at radius 3 is 1.17 bits per heavy atom. The predicted molar refractivity (Wildman–Crippen MR) is 202 cm³/mol. The van der Waals surface area contributed by atoms with Crippen molar-refractivity contribution in [1.82, 2.24) is 0 Å². The summed E-state index contributed by atoms with van der Waals surface area (Å²) in [6, 6.07) is 13.0. The lowest BCUT2D eigenvalue weighted by Gasteiger charge is -2.35. The SMILES string of the molecule is CC(C)(C)C.CC(C)(C)C.CC(C)(C)C1CCc2cccc3c2N(CC3)C1=O.CC(C)(C)C1CCc2cccc3c2N(CCC3)C1=O. The van der Waals surface area contributed by atoms with Crippen molar-refractivity contribution in [3.63, 3.8) is 0 Å². The van der Waals surface area contributed by atoms with Crippen molar-refractivity contribution in [2.24, 2.45) is 33.5 Å². The van der Waals surface area contributed by atoms with E-state index in [4.69, 9.17) is 0 Å². The van der Waals surface area contributed by atoms with E-state index in [2.05, 4.69) is 138 Å². The van der Waals surface area contributed by atoms with E-state index in [0.717, 1.165) is 58.0 Å². The molecule has 0 radical (unpaired) electrons. The van der Waals surface area contributed by atoms with Gasteiger partial charge in [0, 0.05) is 30.6 Å². The molecule has 0 N–H and O–H groups in total. The zero-order chi connectivity index (χ0) is 35.5. The topological polar surface area (TPSA) is 40.6 Å². The van der Waals surface area contributed by atoms with Crippen molar-refractivity contribution in [3.05, 3.63) is 58.7 Å². The van der Waals surface area contributed by atoms with Crippen LogP contribution in [0.5, 0.6) is 0 Å². The second-order valence-electron chi connectivity index (χ2n) is 19.6. The third-order valence-electron chi connectivity index (χ3n) is 9.00. The van der Waals surface area contributed by atoms with Crippen molar-refractivity contribution in [1.29, 1.82) is 0 Å². The van der Waals surface area contributed by atoms with Gasteiger partial charge in [-0.05, 0) is 88.9 Å². The van der Waals surface area contributed by atoms with E-state index in [1.54, 1.807) is 0 Å². The molecule has 4 aliphatic heterocycles. The summed E-state index contributed by atoms with van der Waals surface area (Å²) in [5.74, 6) is 0.978. The molecule has 0 saturated carbocycles. The van der Waals surface area contributed by atoms with Gasteiger partial charge in [-0.2, -0.15) is 0 Å². The number of carbonyl (C=O) groups is 2. The van der Waals surface area contributed by atoms with Crippen molar-refractivity contribution in [3.8, 4) is 0 Å². The number of anilines is 2. The maximum absolute atomic E-state index is 12.9. The summed E-state index contributed by atoms with van der Waals surface area (Å²) in [7, 11) is 0. The summed E-state index contributed by atoms with van der Waals surface area (Å²) in [4.78, 5) is 29.8. The number of carbonyl (C=O) groups excluding carboxylic acids is 2. The first-order valence-electron chi connectivity index (χ1n) is 18.3. The standard InChI is InChI=1S/C17H23NO.C16H21NO.2C5H12/c1-17(2,3)14-10-9-13-7-4-6-12-8-5-11-18(15(12)13)16(14)19;1-16(2,3)13-8-7-11-5-4-6-12-9-10-17(14(11)12)15(13)18;2*1-5(2,3)4/h4,6-7,14H,5,8-11H2,1-3H3;4-6,13H,7-10H2,1-3H3;2*1-4H3. The molecule has 0 spiro atoms. The van der Waals surface area contributed by atoms with Gasteiger partial charge in [-0.15, -0.1) is 0 Å². The zero-order valence-electron chi connectivity index (χ0n) is 32.7. The van der Waals surface area contributed by atoms with Gasteiger partial charge in [-0.25, -0.2) is 0 Å². The largest absolute Gasteiger partial charge is 0.312 e. The fraction of sp³-hybridized carbons (Fsp3) is 0.674. The number of amides is 2. The average Bonchev–Trinajstić information content (AvgIpc) is 3.21. The zero-order valence-corrected chi connectivity index (χ0v) is 32.7. The van der Waals surface area contributed by atoms with Crippen LogP contribution in [0.3, 0.4) is 0 Å². The molecule has 47 heavy (non-hydrogen) atoms. The van der Waals surface area contributed by atoms with Gasteiger partial charge >= 0.3 is 0 Å². The molecule has 2 unspecified atom stereocenters. The summed E-state index contributed by atoms with van der Waals surface area (Å²) in [6.45, 7) is 32.4. The number of hydrogen-bond acceptors (Lipinski definition) is 2. The van der Waals surface area contributed by atoms with Crippen molar-refractivity contribution < 1.29 is 9.59 Å². The first-order valence-corrected chi connectivity index (χ1v) is 18.3. The molecule has 4 heteroatoms. The molecular formula is C43H68N2O2. The summed E-state index contributed by atoms with van der Waals surface area (Å²) < 4.78 is 0. The van der Waals surface area contributed by atoms with Crippen LogP contribution in [0.4, 0.5) is 11.4 Å². The molecule has 262 valence electrons. The van der Waals surface area contributed by atoms with E-state index in [-0.39, 0.29) is 22.7 Å². The molecule has 0 bridgehead atoms. The molecule has 2 atom stereocenters. The molecule has 4 aliphatic rings. The first-order chi connectivity index (χ1) is 21.5. The van der Waals surface area contributed by atoms with E-state index < -0.39 is 0 Å². The van der Waals surface area contributed by atoms with E-state index in [9.17, 15) is 9.59 Å². The van der Waals surface area contributed by atoms with Crippen LogP contribution in [0, 0.1) is 33.5 Å². The number of aryl methyl sites for hydroxylation is 3. The molecule has 4 heterocycles. The first kappa shape index (κ1) is 38.8. The van der Waals surface area contributed by atoms with Gasteiger partial charge in [0.25, 0.3) is 0 Å². The number of hydrogen-bond donors (Lipinski definition) is 0. The van der Waals surface area contributed by atoms with Crippen molar-refractivity contribution in [2.45, 2.75) is 142 Å². The van der Waals surface area contributed by atoms with Crippen LogP contribution in [0.2, 0.25) is 0 Å². The molecule has 2 aromatic rings.